The lowest BCUT2D eigenvalue weighted by molar-refractivity contribution is 0.0469. The highest BCUT2D eigenvalue weighted by molar-refractivity contribution is 6.04. The average Bonchev–Trinajstić information content (AvgIpc) is 2.79. The van der Waals surface area contributed by atoms with Crippen LogP contribution in [0.4, 0.5) is 0 Å². The van der Waals surface area contributed by atoms with Crippen LogP contribution >= 0.6 is 0 Å². The summed E-state index contributed by atoms with van der Waals surface area (Å²) in [5.74, 6) is -0.495. The summed E-state index contributed by atoms with van der Waals surface area (Å²) >= 11 is 0. The number of aryl methyl sites for hydroxylation is 1. The van der Waals surface area contributed by atoms with Crippen LogP contribution in [0, 0.1) is 0 Å². The number of ether oxygens (including phenoxy) is 1. The number of aromatic nitrogens is 2. The number of hydrogen-bond donors (Lipinski definition) is 0. The molecular formula is C24H20N2O3. The van der Waals surface area contributed by atoms with Gasteiger partial charge in [-0.2, -0.15) is 0 Å². The molecule has 0 radical (unpaired) electrons. The van der Waals surface area contributed by atoms with Gasteiger partial charge in [-0.25, -0.2) is 4.79 Å². The Morgan fingerprint density at radius 1 is 0.966 bits per heavy atom. The molecule has 0 aliphatic heterocycles. The van der Waals surface area contributed by atoms with Gasteiger partial charge in [-0.1, -0.05) is 43.3 Å². The molecule has 0 saturated heterocycles. The Hall–Kier alpha value is -3.73. The van der Waals surface area contributed by atoms with Gasteiger partial charge in [0.2, 0.25) is 0 Å². The summed E-state index contributed by atoms with van der Waals surface area (Å²) in [7, 11) is 0. The Morgan fingerprint density at radius 3 is 2.38 bits per heavy atom. The maximum absolute atomic E-state index is 13.0. The molecule has 0 unspecified atom stereocenters. The largest absolute Gasteiger partial charge is 0.456 e. The summed E-state index contributed by atoms with van der Waals surface area (Å²) in [6.45, 7) is 2.14. The van der Waals surface area contributed by atoms with E-state index in [4.69, 9.17) is 4.74 Å². The summed E-state index contributed by atoms with van der Waals surface area (Å²) in [6.07, 6.45) is 4.13. The number of hydrogen-bond acceptors (Lipinski definition) is 4. The van der Waals surface area contributed by atoms with E-state index in [1.54, 1.807) is 48.8 Å². The molecule has 2 aromatic heterocycles. The lowest BCUT2D eigenvalue weighted by Gasteiger charge is -2.12. The molecule has 0 fully saturated rings. The number of benzene rings is 2. The summed E-state index contributed by atoms with van der Waals surface area (Å²) in [5.41, 5.74) is 2.71. The van der Waals surface area contributed by atoms with E-state index in [1.165, 1.54) is 10.1 Å². The maximum atomic E-state index is 13.0. The first-order chi connectivity index (χ1) is 14.2. The summed E-state index contributed by atoms with van der Waals surface area (Å²) in [4.78, 5) is 30.1. The number of fused-ring (bicyclic) bond motifs is 1. The van der Waals surface area contributed by atoms with Gasteiger partial charge in [0.05, 0.1) is 11.3 Å². The molecule has 0 bridgehead atoms. The Balaban J connectivity index is 1.77. The molecular weight excluding hydrogens is 364 g/mol. The zero-order valence-electron chi connectivity index (χ0n) is 16.0. The topological polar surface area (TPSA) is 61.2 Å². The Bertz CT molecular complexity index is 1210. The molecule has 4 rings (SSSR count). The predicted octanol–water partition coefficient (Wildman–Crippen LogP) is 4.31. The second-order valence-electron chi connectivity index (χ2n) is 6.68. The van der Waals surface area contributed by atoms with Crippen LogP contribution in [0.15, 0.2) is 83.9 Å². The van der Waals surface area contributed by atoms with E-state index in [0.29, 0.717) is 27.7 Å². The fourth-order valence-electron chi connectivity index (χ4n) is 3.24. The lowest BCUT2D eigenvalue weighted by Crippen LogP contribution is -2.21. The first-order valence-corrected chi connectivity index (χ1v) is 9.48. The van der Waals surface area contributed by atoms with Crippen molar-refractivity contribution in [1.29, 1.82) is 0 Å². The van der Waals surface area contributed by atoms with Gasteiger partial charge < -0.3 is 4.74 Å². The second-order valence-corrected chi connectivity index (χ2v) is 6.68. The number of carbonyl (C=O) groups excluding carboxylic acids is 1. The lowest BCUT2D eigenvalue weighted by atomic mass is 10.1. The number of pyridine rings is 2. The van der Waals surface area contributed by atoms with Crippen LogP contribution in [0.2, 0.25) is 0 Å². The van der Waals surface area contributed by atoms with Crippen molar-refractivity contribution in [1.82, 2.24) is 9.55 Å². The minimum absolute atomic E-state index is 0.0678. The molecule has 4 aromatic rings. The molecule has 29 heavy (non-hydrogen) atoms. The first-order valence-electron chi connectivity index (χ1n) is 9.48. The van der Waals surface area contributed by atoms with E-state index in [1.807, 2.05) is 30.3 Å². The molecule has 0 N–H and O–H groups in total. The predicted molar refractivity (Wildman–Crippen MR) is 112 cm³/mol. The van der Waals surface area contributed by atoms with E-state index in [0.717, 1.165) is 6.42 Å². The van der Waals surface area contributed by atoms with Crippen LogP contribution in [0.1, 0.15) is 28.5 Å². The Kier molecular flexibility index (Phi) is 5.20. The van der Waals surface area contributed by atoms with Gasteiger partial charge in [0.15, 0.2) is 0 Å². The average molecular weight is 384 g/mol. The molecule has 144 valence electrons. The van der Waals surface area contributed by atoms with Gasteiger partial charge in [0.25, 0.3) is 5.56 Å². The summed E-state index contributed by atoms with van der Waals surface area (Å²) < 4.78 is 6.97. The van der Waals surface area contributed by atoms with Gasteiger partial charge in [0, 0.05) is 28.9 Å². The molecule has 0 saturated carbocycles. The monoisotopic (exact) mass is 384 g/mol. The van der Waals surface area contributed by atoms with Crippen molar-refractivity contribution in [2.75, 3.05) is 0 Å². The molecule has 0 aliphatic rings. The fraction of sp³-hybridized carbons (Fsp3) is 0.125. The fourth-order valence-corrected chi connectivity index (χ4v) is 3.24. The van der Waals surface area contributed by atoms with Gasteiger partial charge in [-0.05, 0) is 42.3 Å². The molecule has 5 heteroatoms. The van der Waals surface area contributed by atoms with Crippen molar-refractivity contribution in [3.63, 3.8) is 0 Å². The van der Waals surface area contributed by atoms with Crippen LogP contribution in [-0.4, -0.2) is 15.5 Å². The third-order valence-corrected chi connectivity index (χ3v) is 4.84. The number of esters is 1. The van der Waals surface area contributed by atoms with Crippen molar-refractivity contribution in [2.24, 2.45) is 0 Å². The SMILES string of the molecule is CCc1ccc(-n2cc(C(=O)OCc3ccccn3)c3ccccc3c2=O)cc1. The number of rotatable bonds is 5. The first kappa shape index (κ1) is 18.6. The molecule has 5 nitrogen and oxygen atoms in total. The quantitative estimate of drug-likeness (QED) is 0.481. The zero-order chi connectivity index (χ0) is 20.2. The van der Waals surface area contributed by atoms with E-state index in [2.05, 4.69) is 11.9 Å². The van der Waals surface area contributed by atoms with Gasteiger partial charge in [-0.3, -0.25) is 14.3 Å². The van der Waals surface area contributed by atoms with Crippen LogP contribution in [0.3, 0.4) is 0 Å². The smallest absolute Gasteiger partial charge is 0.340 e. The second kappa shape index (κ2) is 8.10. The highest BCUT2D eigenvalue weighted by Gasteiger charge is 2.17. The van der Waals surface area contributed by atoms with E-state index >= 15 is 0 Å². The van der Waals surface area contributed by atoms with Crippen LogP contribution in [-0.2, 0) is 17.8 Å². The molecule has 0 amide bonds. The molecule has 0 spiro atoms. The van der Waals surface area contributed by atoms with Crippen molar-refractivity contribution in [2.45, 2.75) is 20.0 Å². The van der Waals surface area contributed by atoms with Crippen LogP contribution in [0.25, 0.3) is 16.5 Å². The van der Waals surface area contributed by atoms with Gasteiger partial charge in [0.1, 0.15) is 6.61 Å². The van der Waals surface area contributed by atoms with Crippen molar-refractivity contribution in [3.05, 3.63) is 106 Å². The molecule has 2 heterocycles. The normalized spacial score (nSPS) is 10.8. The molecule has 2 aromatic carbocycles. The number of nitrogens with zero attached hydrogens (tertiary/aromatic N) is 2. The highest BCUT2D eigenvalue weighted by atomic mass is 16.5. The van der Waals surface area contributed by atoms with Crippen LogP contribution in [0.5, 0.6) is 0 Å². The standard InChI is InChI=1S/C24H20N2O3/c1-2-17-10-12-19(13-11-17)26-15-22(20-8-3-4-9-21(20)23(26)27)24(28)29-16-18-7-5-6-14-25-18/h3-15H,2,16H2,1H3. The molecule has 0 atom stereocenters. The van der Waals surface area contributed by atoms with Crippen LogP contribution < -0.4 is 5.56 Å². The zero-order valence-corrected chi connectivity index (χ0v) is 16.0. The van der Waals surface area contributed by atoms with Crippen molar-refractivity contribution < 1.29 is 9.53 Å². The van der Waals surface area contributed by atoms with E-state index in [-0.39, 0.29) is 12.2 Å². The van der Waals surface area contributed by atoms with Gasteiger partial charge >= 0.3 is 5.97 Å². The Labute approximate surface area is 168 Å². The summed E-state index contributed by atoms with van der Waals surface area (Å²) in [6, 6.07) is 20.3. The highest BCUT2D eigenvalue weighted by Crippen LogP contribution is 2.19. The maximum Gasteiger partial charge on any atom is 0.340 e. The minimum Gasteiger partial charge on any atom is -0.456 e. The third kappa shape index (κ3) is 3.80. The third-order valence-electron chi connectivity index (χ3n) is 4.84. The van der Waals surface area contributed by atoms with Crippen molar-refractivity contribution >= 4 is 16.7 Å². The molecule has 0 aliphatic carbocycles. The minimum atomic E-state index is -0.495. The Morgan fingerprint density at radius 2 is 1.69 bits per heavy atom. The number of carbonyl (C=O) groups is 1. The van der Waals surface area contributed by atoms with Gasteiger partial charge in [-0.15, -0.1) is 0 Å². The van der Waals surface area contributed by atoms with E-state index < -0.39 is 5.97 Å². The summed E-state index contributed by atoms with van der Waals surface area (Å²) in [5, 5.41) is 1.05. The van der Waals surface area contributed by atoms with Crippen molar-refractivity contribution in [3.8, 4) is 5.69 Å². The van der Waals surface area contributed by atoms with E-state index in [9.17, 15) is 9.59 Å².